The standard InChI is InChI=1S/C24H22BrCl2N3O2/c1-31-22-11-15(13-28-10-9-24-29-20-7-2-3-8-21(20)30-24)17(25)12-23(22)32-14-16-18(26)5-4-6-19(16)27/h2-8,11-12,28H,9-10,13-14H2,1H3,(H,29,30). The molecule has 166 valence electrons. The van der Waals surface area contributed by atoms with Gasteiger partial charge in [-0.05, 0) is 42.0 Å². The number of H-pyrrole nitrogens is 1. The van der Waals surface area contributed by atoms with Crippen LogP contribution in [0.2, 0.25) is 10.0 Å². The topological polar surface area (TPSA) is 59.2 Å². The molecule has 32 heavy (non-hydrogen) atoms. The summed E-state index contributed by atoms with van der Waals surface area (Å²) in [6.45, 7) is 1.71. The number of hydrogen-bond donors (Lipinski definition) is 2. The summed E-state index contributed by atoms with van der Waals surface area (Å²) in [6.07, 6.45) is 0.809. The molecule has 0 aliphatic heterocycles. The maximum Gasteiger partial charge on any atom is 0.162 e. The van der Waals surface area contributed by atoms with Crippen LogP contribution in [0, 0.1) is 0 Å². The number of hydrogen-bond acceptors (Lipinski definition) is 4. The third-order valence-corrected chi connectivity index (χ3v) is 6.51. The van der Waals surface area contributed by atoms with Crippen LogP contribution in [0.15, 0.2) is 59.1 Å². The Morgan fingerprint density at radius 2 is 1.81 bits per heavy atom. The third kappa shape index (κ3) is 5.38. The maximum absolute atomic E-state index is 6.24. The van der Waals surface area contributed by atoms with Gasteiger partial charge in [0.2, 0.25) is 0 Å². The van der Waals surface area contributed by atoms with Crippen molar-refractivity contribution >= 4 is 50.2 Å². The second-order valence-electron chi connectivity index (χ2n) is 7.21. The smallest absolute Gasteiger partial charge is 0.162 e. The first-order valence-corrected chi connectivity index (χ1v) is 11.7. The van der Waals surface area contributed by atoms with Crippen LogP contribution in [-0.2, 0) is 19.6 Å². The van der Waals surface area contributed by atoms with Crippen LogP contribution in [-0.4, -0.2) is 23.6 Å². The average Bonchev–Trinajstić information content (AvgIpc) is 3.20. The lowest BCUT2D eigenvalue weighted by molar-refractivity contribution is 0.284. The summed E-state index contributed by atoms with van der Waals surface area (Å²) in [5.74, 6) is 2.23. The van der Waals surface area contributed by atoms with Crippen molar-refractivity contribution in [2.45, 2.75) is 19.6 Å². The highest BCUT2D eigenvalue weighted by atomic mass is 79.9. The molecule has 4 rings (SSSR count). The summed E-state index contributed by atoms with van der Waals surface area (Å²) in [5, 5.41) is 4.60. The van der Waals surface area contributed by atoms with E-state index in [9.17, 15) is 0 Å². The molecular formula is C24H22BrCl2N3O2. The van der Waals surface area contributed by atoms with Crippen LogP contribution in [0.1, 0.15) is 17.0 Å². The Hall–Kier alpha value is -2.25. The number of benzene rings is 3. The van der Waals surface area contributed by atoms with Crippen molar-refractivity contribution in [3.8, 4) is 11.5 Å². The lowest BCUT2D eigenvalue weighted by atomic mass is 10.2. The molecule has 0 unspecified atom stereocenters. The van der Waals surface area contributed by atoms with Crippen molar-refractivity contribution in [3.05, 3.63) is 86.1 Å². The van der Waals surface area contributed by atoms with Crippen molar-refractivity contribution in [1.29, 1.82) is 0 Å². The molecule has 0 bridgehead atoms. The van der Waals surface area contributed by atoms with Crippen LogP contribution in [0.5, 0.6) is 11.5 Å². The Labute approximate surface area is 205 Å². The van der Waals surface area contributed by atoms with Crippen LogP contribution in [0.25, 0.3) is 11.0 Å². The Kier molecular flexibility index (Phi) is 7.58. The summed E-state index contributed by atoms with van der Waals surface area (Å²) in [5.41, 5.74) is 3.85. The number of aromatic nitrogens is 2. The fraction of sp³-hybridized carbons (Fsp3) is 0.208. The molecule has 0 spiro atoms. The first-order valence-electron chi connectivity index (χ1n) is 10.1. The number of para-hydroxylation sites is 2. The number of rotatable bonds is 9. The van der Waals surface area contributed by atoms with Gasteiger partial charge in [0, 0.05) is 39.6 Å². The lowest BCUT2D eigenvalue weighted by Crippen LogP contribution is -2.17. The van der Waals surface area contributed by atoms with E-state index < -0.39 is 0 Å². The number of halogens is 3. The van der Waals surface area contributed by atoms with Crippen LogP contribution >= 0.6 is 39.1 Å². The van der Waals surface area contributed by atoms with Crippen LogP contribution in [0.4, 0.5) is 0 Å². The zero-order valence-electron chi connectivity index (χ0n) is 17.4. The van der Waals surface area contributed by atoms with Gasteiger partial charge in [-0.3, -0.25) is 0 Å². The molecule has 0 atom stereocenters. The summed E-state index contributed by atoms with van der Waals surface area (Å²) in [6, 6.07) is 17.3. The molecule has 0 aliphatic rings. The summed E-state index contributed by atoms with van der Waals surface area (Å²) in [4.78, 5) is 7.96. The molecule has 8 heteroatoms. The third-order valence-electron chi connectivity index (χ3n) is 5.06. The van der Waals surface area contributed by atoms with Gasteiger partial charge in [-0.15, -0.1) is 0 Å². The van der Waals surface area contributed by atoms with Gasteiger partial charge in [0.1, 0.15) is 12.4 Å². The Balaban J connectivity index is 1.37. The van der Waals surface area contributed by atoms with E-state index in [1.54, 1.807) is 25.3 Å². The van der Waals surface area contributed by atoms with Gasteiger partial charge >= 0.3 is 0 Å². The highest BCUT2D eigenvalue weighted by Crippen LogP contribution is 2.35. The minimum atomic E-state index is 0.246. The summed E-state index contributed by atoms with van der Waals surface area (Å²) in [7, 11) is 1.62. The van der Waals surface area contributed by atoms with Gasteiger partial charge < -0.3 is 19.8 Å². The monoisotopic (exact) mass is 533 g/mol. The second kappa shape index (κ2) is 10.6. The largest absolute Gasteiger partial charge is 0.493 e. The molecule has 0 aliphatic carbocycles. The first-order chi connectivity index (χ1) is 15.5. The zero-order valence-corrected chi connectivity index (χ0v) is 20.5. The van der Waals surface area contributed by atoms with E-state index in [1.165, 1.54) is 0 Å². The molecule has 2 N–H and O–H groups in total. The Bertz CT molecular complexity index is 1180. The summed E-state index contributed by atoms with van der Waals surface area (Å²) >= 11 is 16.1. The van der Waals surface area contributed by atoms with E-state index in [4.69, 9.17) is 32.7 Å². The molecule has 5 nitrogen and oxygen atoms in total. The van der Waals surface area contributed by atoms with Gasteiger partial charge in [0.15, 0.2) is 11.5 Å². The molecular weight excluding hydrogens is 513 g/mol. The number of nitrogens with zero attached hydrogens (tertiary/aromatic N) is 1. The molecule has 0 radical (unpaired) electrons. The predicted molar refractivity (Wildman–Crippen MR) is 133 cm³/mol. The zero-order chi connectivity index (χ0) is 22.5. The van der Waals surface area contributed by atoms with Crippen molar-refractivity contribution in [1.82, 2.24) is 15.3 Å². The second-order valence-corrected chi connectivity index (χ2v) is 8.88. The minimum Gasteiger partial charge on any atom is -0.493 e. The Morgan fingerprint density at radius 1 is 1.03 bits per heavy atom. The molecule has 0 amide bonds. The van der Waals surface area contributed by atoms with E-state index in [0.717, 1.165) is 45.4 Å². The van der Waals surface area contributed by atoms with Crippen molar-refractivity contribution < 1.29 is 9.47 Å². The van der Waals surface area contributed by atoms with Crippen molar-refractivity contribution in [3.63, 3.8) is 0 Å². The normalized spacial score (nSPS) is 11.1. The van der Waals surface area contributed by atoms with Gasteiger partial charge in [0.05, 0.1) is 18.1 Å². The first kappa shape index (κ1) is 22.9. The van der Waals surface area contributed by atoms with E-state index in [2.05, 4.69) is 31.2 Å². The number of imidazole rings is 1. The van der Waals surface area contributed by atoms with E-state index in [0.29, 0.717) is 28.1 Å². The van der Waals surface area contributed by atoms with Crippen LogP contribution < -0.4 is 14.8 Å². The number of nitrogens with one attached hydrogen (secondary N) is 2. The predicted octanol–water partition coefficient (Wildman–Crippen LogP) is 6.55. The van der Waals surface area contributed by atoms with Gasteiger partial charge in [-0.1, -0.05) is 57.3 Å². The quantitative estimate of drug-likeness (QED) is 0.239. The molecule has 0 saturated heterocycles. The minimum absolute atomic E-state index is 0.246. The molecule has 1 aromatic heterocycles. The SMILES string of the molecule is COc1cc(CNCCc2nc3ccccc3[nH]2)c(Br)cc1OCc1c(Cl)cccc1Cl. The average molecular weight is 535 g/mol. The number of ether oxygens (including phenoxy) is 2. The highest BCUT2D eigenvalue weighted by Gasteiger charge is 2.13. The molecule has 0 saturated carbocycles. The van der Waals surface area contributed by atoms with Crippen LogP contribution in [0.3, 0.4) is 0 Å². The fourth-order valence-electron chi connectivity index (χ4n) is 3.36. The summed E-state index contributed by atoms with van der Waals surface area (Å²) < 4.78 is 12.4. The maximum atomic E-state index is 6.24. The fourth-order valence-corrected chi connectivity index (χ4v) is 4.33. The van der Waals surface area contributed by atoms with E-state index in [1.807, 2.05) is 36.4 Å². The number of aromatic amines is 1. The number of fused-ring (bicyclic) bond motifs is 1. The molecule has 1 heterocycles. The van der Waals surface area contributed by atoms with Gasteiger partial charge in [-0.2, -0.15) is 0 Å². The van der Waals surface area contributed by atoms with E-state index in [-0.39, 0.29) is 6.61 Å². The van der Waals surface area contributed by atoms with Crippen molar-refractivity contribution in [2.75, 3.05) is 13.7 Å². The van der Waals surface area contributed by atoms with Gasteiger partial charge in [-0.25, -0.2) is 4.98 Å². The van der Waals surface area contributed by atoms with Crippen molar-refractivity contribution in [2.24, 2.45) is 0 Å². The highest BCUT2D eigenvalue weighted by molar-refractivity contribution is 9.10. The molecule has 0 fully saturated rings. The molecule has 3 aromatic carbocycles. The Morgan fingerprint density at radius 3 is 2.56 bits per heavy atom. The van der Waals surface area contributed by atoms with Gasteiger partial charge in [0.25, 0.3) is 0 Å². The molecule has 4 aromatic rings. The lowest BCUT2D eigenvalue weighted by Gasteiger charge is -2.15. The van der Waals surface area contributed by atoms with E-state index >= 15 is 0 Å². The number of methoxy groups -OCH3 is 1.